The van der Waals surface area contributed by atoms with E-state index in [0.717, 1.165) is 25.1 Å². The lowest BCUT2D eigenvalue weighted by Gasteiger charge is -2.15. The molecule has 0 unspecified atom stereocenters. The molecule has 0 radical (unpaired) electrons. The number of amides is 1. The highest BCUT2D eigenvalue weighted by Gasteiger charge is 2.16. The van der Waals surface area contributed by atoms with E-state index >= 15 is 0 Å². The smallest absolute Gasteiger partial charge is 0.257 e. The molecule has 1 aliphatic heterocycles. The summed E-state index contributed by atoms with van der Waals surface area (Å²) in [6, 6.07) is 14.4. The number of methoxy groups -OCH3 is 2. The van der Waals surface area contributed by atoms with E-state index in [0.29, 0.717) is 29.6 Å². The minimum absolute atomic E-state index is 0.0795. The molecule has 1 atom stereocenters. The van der Waals surface area contributed by atoms with Crippen molar-refractivity contribution in [1.29, 1.82) is 0 Å². The van der Waals surface area contributed by atoms with E-state index in [-0.39, 0.29) is 12.0 Å². The van der Waals surface area contributed by atoms with E-state index in [4.69, 9.17) is 14.2 Å². The Hall–Kier alpha value is -3.06. The molecule has 0 aliphatic carbocycles. The number of guanidine groups is 1. The van der Waals surface area contributed by atoms with Gasteiger partial charge in [0.15, 0.2) is 11.5 Å². The molecule has 1 aliphatic rings. The summed E-state index contributed by atoms with van der Waals surface area (Å²) in [6.45, 7) is 1.24. The Balaban J connectivity index is 1.77. The van der Waals surface area contributed by atoms with Crippen LogP contribution < -0.4 is 20.1 Å². The monoisotopic (exact) mass is 383 g/mol. The Morgan fingerprint density at radius 2 is 1.93 bits per heavy atom. The van der Waals surface area contributed by atoms with Gasteiger partial charge in [0.25, 0.3) is 5.91 Å². The molecule has 7 nitrogen and oxygen atoms in total. The number of benzene rings is 2. The lowest BCUT2D eigenvalue weighted by atomic mass is 10.2. The first-order chi connectivity index (χ1) is 13.7. The number of carbonyl (C=O) groups is 1. The summed E-state index contributed by atoms with van der Waals surface area (Å²) in [6.07, 6.45) is 2.09. The molecule has 2 N–H and O–H groups in total. The molecule has 7 heteroatoms. The fourth-order valence-corrected chi connectivity index (χ4v) is 2.91. The molecule has 0 bridgehead atoms. The van der Waals surface area contributed by atoms with Gasteiger partial charge in [-0.3, -0.25) is 10.1 Å². The second-order valence-corrected chi connectivity index (χ2v) is 6.34. The first-order valence-electron chi connectivity index (χ1n) is 9.21. The van der Waals surface area contributed by atoms with Gasteiger partial charge in [-0.05, 0) is 37.1 Å². The zero-order chi connectivity index (χ0) is 19.8. The summed E-state index contributed by atoms with van der Waals surface area (Å²) in [7, 11) is 3.16. The van der Waals surface area contributed by atoms with Crippen LogP contribution in [-0.2, 0) is 4.74 Å². The number of carbonyl (C=O) groups excluding carboxylic acids is 1. The van der Waals surface area contributed by atoms with Crippen molar-refractivity contribution in [2.75, 3.05) is 32.7 Å². The molecule has 2 aromatic carbocycles. The third-order valence-electron chi connectivity index (χ3n) is 4.39. The molecule has 1 fully saturated rings. The molecule has 2 aromatic rings. The Labute approximate surface area is 164 Å². The molecular formula is C21H25N3O4. The van der Waals surface area contributed by atoms with Gasteiger partial charge >= 0.3 is 0 Å². The van der Waals surface area contributed by atoms with Crippen LogP contribution in [0.15, 0.2) is 53.5 Å². The summed E-state index contributed by atoms with van der Waals surface area (Å²) in [5.41, 5.74) is 1.28. The molecule has 28 heavy (non-hydrogen) atoms. The Bertz CT molecular complexity index is 818. The number of nitrogens with one attached hydrogen (secondary N) is 2. The summed E-state index contributed by atoms with van der Waals surface area (Å²) >= 11 is 0. The predicted octanol–water partition coefficient (Wildman–Crippen LogP) is 3.08. The van der Waals surface area contributed by atoms with Crippen LogP contribution in [0.5, 0.6) is 11.5 Å². The SMILES string of the molecule is COc1ccc(NC(=NC[C@H]2CCCO2)NC(=O)c2ccccc2)cc1OC. The average Bonchev–Trinajstić information content (AvgIpc) is 3.26. The van der Waals surface area contributed by atoms with Gasteiger partial charge in [0.2, 0.25) is 5.96 Å². The number of hydrogen-bond acceptors (Lipinski definition) is 5. The van der Waals surface area contributed by atoms with Gasteiger partial charge < -0.3 is 19.5 Å². The number of nitrogens with zero attached hydrogens (tertiary/aromatic N) is 1. The number of hydrogen-bond donors (Lipinski definition) is 2. The number of ether oxygens (including phenoxy) is 3. The van der Waals surface area contributed by atoms with E-state index < -0.39 is 0 Å². The van der Waals surface area contributed by atoms with Crippen molar-refractivity contribution < 1.29 is 19.0 Å². The molecular weight excluding hydrogens is 358 g/mol. The Kier molecular flexibility index (Phi) is 6.86. The van der Waals surface area contributed by atoms with Crippen LogP contribution in [0.25, 0.3) is 0 Å². The highest BCUT2D eigenvalue weighted by Crippen LogP contribution is 2.29. The average molecular weight is 383 g/mol. The van der Waals surface area contributed by atoms with E-state index in [1.165, 1.54) is 0 Å². The topological polar surface area (TPSA) is 81.2 Å². The van der Waals surface area contributed by atoms with E-state index in [1.807, 2.05) is 24.3 Å². The third kappa shape index (κ3) is 5.23. The summed E-state index contributed by atoms with van der Waals surface area (Å²) in [5.74, 6) is 1.33. The maximum Gasteiger partial charge on any atom is 0.257 e. The minimum atomic E-state index is -0.236. The number of aliphatic imine (C=N–C) groups is 1. The molecule has 3 rings (SSSR count). The van der Waals surface area contributed by atoms with Crippen molar-refractivity contribution in [2.24, 2.45) is 4.99 Å². The second kappa shape index (κ2) is 9.75. The second-order valence-electron chi connectivity index (χ2n) is 6.34. The maximum atomic E-state index is 12.6. The van der Waals surface area contributed by atoms with Crippen LogP contribution in [-0.4, -0.2) is 45.3 Å². The normalized spacial score (nSPS) is 16.5. The first kappa shape index (κ1) is 19.7. The van der Waals surface area contributed by atoms with Crippen molar-refractivity contribution in [1.82, 2.24) is 5.32 Å². The van der Waals surface area contributed by atoms with Crippen molar-refractivity contribution in [3.05, 3.63) is 54.1 Å². The molecule has 1 heterocycles. The largest absolute Gasteiger partial charge is 0.493 e. The fourth-order valence-electron chi connectivity index (χ4n) is 2.91. The Morgan fingerprint density at radius 3 is 2.61 bits per heavy atom. The van der Waals surface area contributed by atoms with Crippen LogP contribution in [0, 0.1) is 0 Å². The van der Waals surface area contributed by atoms with Crippen molar-refractivity contribution in [3.63, 3.8) is 0 Å². The molecule has 1 saturated heterocycles. The molecule has 148 valence electrons. The van der Waals surface area contributed by atoms with E-state index in [9.17, 15) is 4.79 Å². The van der Waals surface area contributed by atoms with Gasteiger partial charge in [-0.1, -0.05) is 18.2 Å². The predicted molar refractivity (Wildman–Crippen MR) is 108 cm³/mol. The van der Waals surface area contributed by atoms with Gasteiger partial charge in [-0.2, -0.15) is 0 Å². The van der Waals surface area contributed by atoms with Crippen LogP contribution in [0.1, 0.15) is 23.2 Å². The van der Waals surface area contributed by atoms with Crippen molar-refractivity contribution >= 4 is 17.6 Å². The maximum absolute atomic E-state index is 12.6. The van der Waals surface area contributed by atoms with E-state index in [2.05, 4.69) is 15.6 Å². The highest BCUT2D eigenvalue weighted by atomic mass is 16.5. The van der Waals surface area contributed by atoms with Gasteiger partial charge in [0.05, 0.1) is 26.9 Å². The summed E-state index contributed by atoms with van der Waals surface area (Å²) in [4.78, 5) is 17.1. The van der Waals surface area contributed by atoms with Crippen LogP contribution in [0.4, 0.5) is 5.69 Å². The van der Waals surface area contributed by atoms with Gasteiger partial charge in [0, 0.05) is 23.9 Å². The zero-order valence-corrected chi connectivity index (χ0v) is 16.1. The van der Waals surface area contributed by atoms with Crippen molar-refractivity contribution in [2.45, 2.75) is 18.9 Å². The first-order valence-corrected chi connectivity index (χ1v) is 9.21. The van der Waals surface area contributed by atoms with Gasteiger partial charge in [-0.15, -0.1) is 0 Å². The number of rotatable bonds is 6. The Morgan fingerprint density at radius 1 is 1.14 bits per heavy atom. The standard InChI is InChI=1S/C21H25N3O4/c1-26-18-11-10-16(13-19(18)27-2)23-21(22-14-17-9-6-12-28-17)24-20(25)15-7-4-3-5-8-15/h3-5,7-8,10-11,13,17H,6,9,12,14H2,1-2H3,(H2,22,23,24,25)/t17-/m1/s1. The van der Waals surface area contributed by atoms with Crippen LogP contribution in [0.2, 0.25) is 0 Å². The van der Waals surface area contributed by atoms with Gasteiger partial charge in [0.1, 0.15) is 0 Å². The molecule has 0 spiro atoms. The lowest BCUT2D eigenvalue weighted by Crippen LogP contribution is -2.36. The summed E-state index contributed by atoms with van der Waals surface area (Å²) < 4.78 is 16.2. The highest BCUT2D eigenvalue weighted by molar-refractivity contribution is 6.10. The summed E-state index contributed by atoms with van der Waals surface area (Å²) in [5, 5.41) is 6.00. The zero-order valence-electron chi connectivity index (χ0n) is 16.1. The quantitative estimate of drug-likeness (QED) is 0.592. The molecule has 0 aromatic heterocycles. The fraction of sp³-hybridized carbons (Fsp3) is 0.333. The van der Waals surface area contributed by atoms with Crippen LogP contribution >= 0.6 is 0 Å². The lowest BCUT2D eigenvalue weighted by molar-refractivity contribution is 0.0975. The minimum Gasteiger partial charge on any atom is -0.493 e. The third-order valence-corrected chi connectivity index (χ3v) is 4.39. The molecule has 1 amide bonds. The molecule has 0 saturated carbocycles. The van der Waals surface area contributed by atoms with Gasteiger partial charge in [-0.25, -0.2) is 4.99 Å². The number of anilines is 1. The van der Waals surface area contributed by atoms with Crippen LogP contribution in [0.3, 0.4) is 0 Å². The van der Waals surface area contributed by atoms with E-state index in [1.54, 1.807) is 38.5 Å². The van der Waals surface area contributed by atoms with Crippen molar-refractivity contribution in [3.8, 4) is 11.5 Å².